The molecule has 2 N–H and O–H groups in total. The molecule has 0 atom stereocenters. The molecule has 0 saturated heterocycles. The number of urea groups is 1. The van der Waals surface area contributed by atoms with Gasteiger partial charge in [-0.15, -0.1) is 0 Å². The fourth-order valence-corrected chi connectivity index (χ4v) is 3.88. The zero-order valence-electron chi connectivity index (χ0n) is 21.1. The SMILES string of the molecule is Cc1ccc(-n2nc(-c3ccccc3)cc2NC(=O)CN(CC(C)C)C(=O)Nc2ccccc2F)cc1. The van der Waals surface area contributed by atoms with Gasteiger partial charge >= 0.3 is 6.03 Å². The average Bonchev–Trinajstić information content (AvgIpc) is 3.29. The van der Waals surface area contributed by atoms with Crippen molar-refractivity contribution in [3.63, 3.8) is 0 Å². The van der Waals surface area contributed by atoms with Crippen LogP contribution < -0.4 is 10.6 Å². The number of aromatic nitrogens is 2. The molecule has 3 amide bonds. The number of nitrogens with zero attached hydrogens (tertiary/aromatic N) is 3. The zero-order valence-corrected chi connectivity index (χ0v) is 21.1. The van der Waals surface area contributed by atoms with Crippen molar-refractivity contribution in [3.05, 3.63) is 96.3 Å². The normalized spacial score (nSPS) is 10.8. The van der Waals surface area contributed by atoms with Crippen LogP contribution in [0.3, 0.4) is 0 Å². The van der Waals surface area contributed by atoms with Crippen molar-refractivity contribution >= 4 is 23.4 Å². The molecule has 4 aromatic rings. The molecule has 0 aliphatic heterocycles. The molecular formula is C29H30FN5O2. The van der Waals surface area contributed by atoms with Gasteiger partial charge in [0.2, 0.25) is 5.91 Å². The number of para-hydroxylation sites is 1. The number of aryl methyl sites for hydroxylation is 1. The minimum atomic E-state index is -0.550. The van der Waals surface area contributed by atoms with Gasteiger partial charge in [0, 0.05) is 18.2 Å². The van der Waals surface area contributed by atoms with E-state index in [4.69, 9.17) is 5.10 Å². The minimum Gasteiger partial charge on any atom is -0.315 e. The summed E-state index contributed by atoms with van der Waals surface area (Å²) in [5.74, 6) is -0.355. The van der Waals surface area contributed by atoms with Crippen molar-refractivity contribution in [1.29, 1.82) is 0 Å². The lowest BCUT2D eigenvalue weighted by atomic mass is 10.1. The molecule has 3 aromatic carbocycles. The largest absolute Gasteiger partial charge is 0.322 e. The topological polar surface area (TPSA) is 79.3 Å². The van der Waals surface area contributed by atoms with Gasteiger partial charge < -0.3 is 15.5 Å². The predicted octanol–water partition coefficient (Wildman–Crippen LogP) is 6.12. The second kappa shape index (κ2) is 11.5. The van der Waals surface area contributed by atoms with Crippen molar-refractivity contribution in [2.45, 2.75) is 20.8 Å². The molecule has 0 saturated carbocycles. The highest BCUT2D eigenvalue weighted by Crippen LogP contribution is 2.25. The Morgan fingerprint density at radius 3 is 2.30 bits per heavy atom. The third-order valence-electron chi connectivity index (χ3n) is 5.65. The maximum absolute atomic E-state index is 14.1. The van der Waals surface area contributed by atoms with Gasteiger partial charge in [-0.2, -0.15) is 5.10 Å². The molecule has 8 heteroatoms. The number of carbonyl (C=O) groups excluding carboxylic acids is 2. The van der Waals surface area contributed by atoms with Crippen LogP contribution in [0.1, 0.15) is 19.4 Å². The van der Waals surface area contributed by atoms with Gasteiger partial charge in [0.1, 0.15) is 18.2 Å². The molecule has 1 aromatic heterocycles. The van der Waals surface area contributed by atoms with Crippen molar-refractivity contribution in [3.8, 4) is 16.9 Å². The van der Waals surface area contributed by atoms with Crippen LogP contribution in [0.15, 0.2) is 84.9 Å². The second-order valence-corrected chi connectivity index (χ2v) is 9.26. The summed E-state index contributed by atoms with van der Waals surface area (Å²) in [4.78, 5) is 27.5. The van der Waals surface area contributed by atoms with E-state index in [9.17, 15) is 14.0 Å². The van der Waals surface area contributed by atoms with Crippen LogP contribution in [0.5, 0.6) is 0 Å². The third-order valence-corrected chi connectivity index (χ3v) is 5.65. The maximum atomic E-state index is 14.1. The zero-order chi connectivity index (χ0) is 26.4. The van der Waals surface area contributed by atoms with Crippen LogP contribution in [0.2, 0.25) is 0 Å². The third kappa shape index (κ3) is 6.61. The van der Waals surface area contributed by atoms with Crippen molar-refractivity contribution in [2.24, 2.45) is 5.92 Å². The number of hydrogen-bond acceptors (Lipinski definition) is 3. The Labute approximate surface area is 215 Å². The molecule has 7 nitrogen and oxygen atoms in total. The summed E-state index contributed by atoms with van der Waals surface area (Å²) in [6, 6.07) is 24.7. The number of benzene rings is 3. The molecule has 190 valence electrons. The summed E-state index contributed by atoms with van der Waals surface area (Å²) in [6.45, 7) is 6.00. The van der Waals surface area contributed by atoms with Gasteiger partial charge in [-0.05, 0) is 37.1 Å². The minimum absolute atomic E-state index is 0.0617. The maximum Gasteiger partial charge on any atom is 0.322 e. The Morgan fingerprint density at radius 1 is 0.946 bits per heavy atom. The number of anilines is 2. The first kappa shape index (κ1) is 25.6. The van der Waals surface area contributed by atoms with Gasteiger partial charge in [0.05, 0.1) is 17.1 Å². The quantitative estimate of drug-likeness (QED) is 0.307. The summed E-state index contributed by atoms with van der Waals surface area (Å²) in [5, 5.41) is 10.2. The summed E-state index contributed by atoms with van der Waals surface area (Å²) in [6.07, 6.45) is 0. The first-order chi connectivity index (χ1) is 17.8. The molecule has 0 unspecified atom stereocenters. The first-order valence-electron chi connectivity index (χ1n) is 12.1. The Kier molecular flexibility index (Phi) is 7.98. The van der Waals surface area contributed by atoms with Crippen LogP contribution in [0, 0.1) is 18.7 Å². The molecular weight excluding hydrogens is 469 g/mol. The van der Waals surface area contributed by atoms with Crippen LogP contribution in [-0.4, -0.2) is 39.7 Å². The highest BCUT2D eigenvalue weighted by atomic mass is 19.1. The number of carbonyl (C=O) groups is 2. The van der Waals surface area contributed by atoms with E-state index >= 15 is 0 Å². The predicted molar refractivity (Wildman–Crippen MR) is 144 cm³/mol. The molecule has 4 rings (SSSR count). The average molecular weight is 500 g/mol. The lowest BCUT2D eigenvalue weighted by Crippen LogP contribution is -2.42. The molecule has 0 aliphatic rings. The highest BCUT2D eigenvalue weighted by Gasteiger charge is 2.21. The molecule has 0 radical (unpaired) electrons. The standard InChI is InChI=1S/C29H30FN5O2/c1-20(2)18-34(29(37)31-25-12-8-7-11-24(25)30)19-28(36)32-27-17-26(22-9-5-4-6-10-22)33-35(27)23-15-13-21(3)14-16-23/h4-17,20H,18-19H2,1-3H3,(H,31,37)(H,32,36). The first-order valence-corrected chi connectivity index (χ1v) is 12.1. The van der Waals surface area contributed by atoms with E-state index < -0.39 is 17.8 Å². The van der Waals surface area contributed by atoms with Crippen LogP contribution >= 0.6 is 0 Å². The fraction of sp³-hybridized carbons (Fsp3) is 0.207. The number of hydrogen-bond donors (Lipinski definition) is 2. The molecule has 0 bridgehead atoms. The Balaban J connectivity index is 1.57. The number of amides is 3. The van der Waals surface area contributed by atoms with Crippen molar-refractivity contribution in [1.82, 2.24) is 14.7 Å². The molecule has 37 heavy (non-hydrogen) atoms. The molecule has 0 aliphatic carbocycles. The summed E-state index contributed by atoms with van der Waals surface area (Å²) < 4.78 is 15.7. The van der Waals surface area contributed by atoms with E-state index in [1.54, 1.807) is 22.9 Å². The van der Waals surface area contributed by atoms with Gasteiger partial charge in [0.25, 0.3) is 0 Å². The summed E-state index contributed by atoms with van der Waals surface area (Å²) in [5.41, 5.74) is 3.57. The summed E-state index contributed by atoms with van der Waals surface area (Å²) >= 11 is 0. The van der Waals surface area contributed by atoms with Gasteiger partial charge in [0.15, 0.2) is 0 Å². The van der Waals surface area contributed by atoms with E-state index in [0.29, 0.717) is 18.1 Å². The van der Waals surface area contributed by atoms with E-state index in [1.165, 1.54) is 17.0 Å². The smallest absolute Gasteiger partial charge is 0.315 e. The van der Waals surface area contributed by atoms with Gasteiger partial charge in [-0.1, -0.05) is 74.0 Å². The van der Waals surface area contributed by atoms with Gasteiger partial charge in [-0.25, -0.2) is 13.9 Å². The fourth-order valence-electron chi connectivity index (χ4n) is 3.88. The lowest BCUT2D eigenvalue weighted by molar-refractivity contribution is -0.116. The monoisotopic (exact) mass is 499 g/mol. The van der Waals surface area contributed by atoms with Crippen molar-refractivity contribution in [2.75, 3.05) is 23.7 Å². The van der Waals surface area contributed by atoms with E-state index in [-0.39, 0.29) is 18.2 Å². The molecule has 0 spiro atoms. The molecule has 0 fully saturated rings. The lowest BCUT2D eigenvalue weighted by Gasteiger charge is -2.24. The van der Waals surface area contributed by atoms with Crippen LogP contribution in [0.4, 0.5) is 20.7 Å². The van der Waals surface area contributed by atoms with Crippen molar-refractivity contribution < 1.29 is 14.0 Å². The van der Waals surface area contributed by atoms with E-state index in [0.717, 1.165) is 16.8 Å². The number of nitrogens with one attached hydrogen (secondary N) is 2. The van der Waals surface area contributed by atoms with Crippen LogP contribution in [-0.2, 0) is 4.79 Å². The van der Waals surface area contributed by atoms with E-state index in [1.807, 2.05) is 75.4 Å². The highest BCUT2D eigenvalue weighted by molar-refractivity contribution is 5.97. The second-order valence-electron chi connectivity index (χ2n) is 9.26. The Bertz CT molecular complexity index is 1370. The molecule has 1 heterocycles. The Morgan fingerprint density at radius 2 is 1.62 bits per heavy atom. The van der Waals surface area contributed by atoms with Crippen LogP contribution in [0.25, 0.3) is 16.9 Å². The Hall–Kier alpha value is -4.46. The van der Waals surface area contributed by atoms with E-state index in [2.05, 4.69) is 10.6 Å². The number of halogens is 1. The van der Waals surface area contributed by atoms with Gasteiger partial charge in [-0.3, -0.25) is 4.79 Å². The number of rotatable bonds is 8. The summed E-state index contributed by atoms with van der Waals surface area (Å²) in [7, 11) is 0.